The summed E-state index contributed by atoms with van der Waals surface area (Å²) in [6.45, 7) is 13.7. The van der Waals surface area contributed by atoms with Crippen molar-refractivity contribution in [3.05, 3.63) is 252 Å². The molecule has 0 radical (unpaired) electrons. The molecule has 0 amide bonds. The summed E-state index contributed by atoms with van der Waals surface area (Å²) in [6, 6.07) is 81.5. The van der Waals surface area contributed by atoms with Gasteiger partial charge in [0.05, 0.1) is 26.9 Å². The molecule has 3 nitrogen and oxygen atoms in total. The summed E-state index contributed by atoms with van der Waals surface area (Å²) >= 11 is 1.89. The Kier molecular flexibility index (Phi) is 9.50. The van der Waals surface area contributed by atoms with Crippen molar-refractivity contribution < 1.29 is 4.42 Å². The molecule has 2 heterocycles. The Bertz CT molecular complexity index is 4100. The molecule has 14 rings (SSSR count). The van der Waals surface area contributed by atoms with Gasteiger partial charge >= 0.3 is 0 Å². The zero-order valence-corrected chi connectivity index (χ0v) is 42.8. The van der Waals surface area contributed by atoms with Crippen molar-refractivity contribution in [2.75, 3.05) is 9.80 Å². The van der Waals surface area contributed by atoms with Gasteiger partial charge in [-0.1, -0.05) is 187 Å². The third kappa shape index (κ3) is 6.36. The van der Waals surface area contributed by atoms with E-state index in [1.165, 1.54) is 70.2 Å². The highest BCUT2D eigenvalue weighted by atomic mass is 32.1. The highest BCUT2D eigenvalue weighted by Crippen LogP contribution is 2.68. The van der Waals surface area contributed by atoms with Crippen LogP contribution in [-0.2, 0) is 16.2 Å². The van der Waals surface area contributed by atoms with Crippen LogP contribution in [0.4, 0.5) is 34.1 Å². The van der Waals surface area contributed by atoms with Gasteiger partial charge in [-0.3, -0.25) is 0 Å². The molecular weight excluding hydrogens is 905 g/mol. The van der Waals surface area contributed by atoms with Crippen molar-refractivity contribution in [2.24, 2.45) is 0 Å². The quantitative estimate of drug-likeness (QED) is 0.166. The molecule has 0 atom stereocenters. The van der Waals surface area contributed by atoms with Crippen LogP contribution in [0.25, 0.3) is 64.4 Å². The van der Waals surface area contributed by atoms with Gasteiger partial charge in [0.2, 0.25) is 0 Å². The van der Waals surface area contributed by atoms with Gasteiger partial charge in [-0.15, -0.1) is 11.3 Å². The van der Waals surface area contributed by atoms with Crippen LogP contribution in [0.15, 0.2) is 223 Å². The average Bonchev–Trinajstić information content (AvgIpc) is 4.15. The van der Waals surface area contributed by atoms with Gasteiger partial charge in [0.1, 0.15) is 11.2 Å². The second-order valence-electron chi connectivity index (χ2n) is 22.0. The van der Waals surface area contributed by atoms with Gasteiger partial charge in [-0.25, -0.2) is 0 Å². The van der Waals surface area contributed by atoms with E-state index in [1.54, 1.807) is 0 Å². The molecule has 0 saturated heterocycles. The summed E-state index contributed by atoms with van der Waals surface area (Å²) in [6.07, 6.45) is 0. The Morgan fingerprint density at radius 3 is 1.42 bits per heavy atom. The topological polar surface area (TPSA) is 19.6 Å². The summed E-state index contributed by atoms with van der Waals surface area (Å²) < 4.78 is 10.0. The number of anilines is 6. The third-order valence-corrected chi connectivity index (χ3v) is 17.0. The van der Waals surface area contributed by atoms with E-state index in [1.807, 2.05) is 11.3 Å². The molecule has 73 heavy (non-hydrogen) atoms. The second-order valence-corrected chi connectivity index (χ2v) is 23.1. The lowest BCUT2D eigenvalue weighted by atomic mass is 9.70. The lowest BCUT2D eigenvalue weighted by Gasteiger charge is -2.34. The first kappa shape index (κ1) is 43.6. The maximum Gasteiger partial charge on any atom is 0.145 e. The normalized spacial score (nSPS) is 13.5. The Morgan fingerprint density at radius 2 is 0.849 bits per heavy atom. The smallest absolute Gasteiger partial charge is 0.145 e. The Labute approximate surface area is 431 Å². The minimum absolute atomic E-state index is 0.00109. The molecular formula is C69H54N2OS. The maximum atomic E-state index is 7.52. The molecule has 0 saturated carbocycles. The molecule has 2 aliphatic rings. The van der Waals surface area contributed by atoms with Gasteiger partial charge in [-0.2, -0.15) is 0 Å². The fourth-order valence-electron chi connectivity index (χ4n) is 12.4. The highest BCUT2D eigenvalue weighted by Gasteiger charge is 2.54. The molecule has 10 aromatic carbocycles. The Balaban J connectivity index is 1.18. The van der Waals surface area contributed by atoms with Crippen LogP contribution in [0.2, 0.25) is 0 Å². The maximum absolute atomic E-state index is 7.52. The van der Waals surface area contributed by atoms with Gasteiger partial charge in [0.15, 0.2) is 0 Å². The predicted molar refractivity (Wildman–Crippen MR) is 310 cm³/mol. The van der Waals surface area contributed by atoms with E-state index in [4.69, 9.17) is 4.42 Å². The number of furan rings is 1. The lowest BCUT2D eigenvalue weighted by molar-refractivity contribution is 0.590. The van der Waals surface area contributed by atoms with E-state index in [0.29, 0.717) is 0 Å². The van der Waals surface area contributed by atoms with E-state index in [9.17, 15) is 0 Å². The standard InChI is InChI=1S/C69H54N2OS/c1-67(2,3)43-33-37-47(38-34-43)70(45-21-9-7-10-22-45)57-41-56-64(65-61(57)51-27-15-19-31-59(51)72-65)63-55(69(56)53-29-17-13-25-49(53)50-26-14-18-30-54(50)69)42-58(66-62(63)52-28-16-20-32-60(52)73-66)71(46-23-11-8-12-24-46)48-39-35-44(36-40-48)68(4,5)6/h7-42H,1-6H3. The van der Waals surface area contributed by atoms with Crippen molar-refractivity contribution in [1.82, 2.24) is 0 Å². The van der Waals surface area contributed by atoms with Crippen molar-refractivity contribution >= 4 is 87.6 Å². The van der Waals surface area contributed by atoms with Crippen LogP contribution >= 0.6 is 11.3 Å². The Hall–Kier alpha value is -8.18. The summed E-state index contributed by atoms with van der Waals surface area (Å²) in [7, 11) is 0. The van der Waals surface area contributed by atoms with Crippen LogP contribution in [0, 0.1) is 0 Å². The minimum Gasteiger partial charge on any atom is -0.455 e. The van der Waals surface area contributed by atoms with Gasteiger partial charge in [-0.05, 0) is 134 Å². The molecule has 12 aromatic rings. The number of hydrogen-bond acceptors (Lipinski definition) is 4. The average molecular weight is 959 g/mol. The predicted octanol–water partition coefficient (Wildman–Crippen LogP) is 19.8. The zero-order valence-electron chi connectivity index (χ0n) is 42.0. The first-order chi connectivity index (χ1) is 35.5. The first-order valence-corrected chi connectivity index (χ1v) is 26.4. The monoisotopic (exact) mass is 958 g/mol. The minimum atomic E-state index is -0.733. The van der Waals surface area contributed by atoms with Crippen molar-refractivity contribution in [2.45, 2.75) is 57.8 Å². The molecule has 1 spiro atoms. The molecule has 0 fully saturated rings. The molecule has 0 unspecified atom stereocenters. The summed E-state index contributed by atoms with van der Waals surface area (Å²) in [4.78, 5) is 4.98. The zero-order chi connectivity index (χ0) is 49.4. The number of nitrogens with zero attached hydrogens (tertiary/aromatic N) is 2. The molecule has 2 aliphatic carbocycles. The number of rotatable bonds is 6. The molecule has 4 heteroatoms. The van der Waals surface area contributed by atoms with Crippen molar-refractivity contribution in [3.8, 4) is 22.3 Å². The SMILES string of the molecule is CC(C)(C)c1ccc(N(c2ccccc2)c2cc3c(c4c2sc2ccccc24)-c2c(cc(N(c4ccccc4)c4ccc(C(C)(C)C)cc4)c4c2oc2ccccc24)C32c3ccccc3-c3ccccc32)cc1. The van der Waals surface area contributed by atoms with Crippen molar-refractivity contribution in [1.29, 1.82) is 0 Å². The largest absolute Gasteiger partial charge is 0.455 e. The van der Waals surface area contributed by atoms with Gasteiger partial charge < -0.3 is 14.2 Å². The summed E-state index contributed by atoms with van der Waals surface area (Å²) in [5, 5.41) is 4.70. The molecule has 0 bridgehead atoms. The number of para-hydroxylation sites is 3. The molecule has 0 N–H and O–H groups in total. The van der Waals surface area contributed by atoms with E-state index < -0.39 is 5.41 Å². The van der Waals surface area contributed by atoms with E-state index >= 15 is 0 Å². The fraction of sp³-hybridized carbons (Fsp3) is 0.130. The molecule has 0 aliphatic heterocycles. The third-order valence-electron chi connectivity index (χ3n) is 15.8. The number of fused-ring (bicyclic) bond motifs is 18. The first-order valence-electron chi connectivity index (χ1n) is 25.6. The number of hydrogen-bond donors (Lipinski definition) is 0. The highest BCUT2D eigenvalue weighted by molar-refractivity contribution is 7.26. The Morgan fingerprint density at radius 1 is 0.397 bits per heavy atom. The second kappa shape index (κ2) is 15.9. The fourth-order valence-corrected chi connectivity index (χ4v) is 13.6. The van der Waals surface area contributed by atoms with Crippen LogP contribution in [0.5, 0.6) is 0 Å². The summed E-state index contributed by atoms with van der Waals surface area (Å²) in [5.74, 6) is 0. The van der Waals surface area contributed by atoms with E-state index in [0.717, 1.165) is 61.6 Å². The summed E-state index contributed by atoms with van der Waals surface area (Å²) in [5.41, 5.74) is 20.3. The molecule has 352 valence electrons. The number of thiophene rings is 1. The van der Waals surface area contributed by atoms with Crippen LogP contribution in [-0.4, -0.2) is 0 Å². The van der Waals surface area contributed by atoms with Crippen LogP contribution < -0.4 is 9.80 Å². The van der Waals surface area contributed by atoms with Gasteiger partial charge in [0.25, 0.3) is 0 Å². The van der Waals surface area contributed by atoms with E-state index in [2.05, 4.69) is 270 Å². The van der Waals surface area contributed by atoms with E-state index in [-0.39, 0.29) is 10.8 Å². The van der Waals surface area contributed by atoms with Crippen LogP contribution in [0.1, 0.15) is 74.9 Å². The lowest BCUT2D eigenvalue weighted by Crippen LogP contribution is -2.26. The van der Waals surface area contributed by atoms with Gasteiger partial charge in [0, 0.05) is 49.2 Å². The van der Waals surface area contributed by atoms with Crippen LogP contribution in [0.3, 0.4) is 0 Å². The molecule has 2 aromatic heterocycles. The van der Waals surface area contributed by atoms with Crippen molar-refractivity contribution in [3.63, 3.8) is 0 Å². The number of benzene rings is 10.